The quantitative estimate of drug-likeness (QED) is 0.761. The maximum atomic E-state index is 13.4. The Morgan fingerprint density at radius 2 is 2.21 bits per heavy atom. The van der Waals surface area contributed by atoms with Gasteiger partial charge in [-0.05, 0) is 34.1 Å². The summed E-state index contributed by atoms with van der Waals surface area (Å²) in [6.07, 6.45) is 0. The molecule has 0 bridgehead atoms. The smallest absolute Gasteiger partial charge is 0.159 e. The van der Waals surface area contributed by atoms with E-state index in [2.05, 4.69) is 20.9 Å². The van der Waals surface area contributed by atoms with Gasteiger partial charge in [-0.1, -0.05) is 11.6 Å². The van der Waals surface area contributed by atoms with Crippen molar-refractivity contribution in [1.82, 2.24) is 4.98 Å². The van der Waals surface area contributed by atoms with Gasteiger partial charge in [-0.25, -0.2) is 9.37 Å². The van der Waals surface area contributed by atoms with Crippen molar-refractivity contribution < 1.29 is 4.39 Å². The molecule has 0 aliphatic heterocycles. The lowest BCUT2D eigenvalue weighted by molar-refractivity contribution is 0.631. The summed E-state index contributed by atoms with van der Waals surface area (Å²) < 4.78 is 14.1. The predicted molar refractivity (Wildman–Crippen MR) is 60.2 cm³/mol. The molecule has 0 fully saturated rings. The molecule has 14 heavy (non-hydrogen) atoms. The number of nitrogens with zero attached hydrogens (tertiary/aromatic N) is 1. The number of aromatic nitrogens is 1. The normalized spacial score (nSPS) is 10.5. The highest BCUT2D eigenvalue weighted by atomic mass is 79.9. The van der Waals surface area contributed by atoms with Crippen LogP contribution in [0.25, 0.3) is 11.3 Å². The van der Waals surface area contributed by atoms with E-state index in [4.69, 9.17) is 11.6 Å². The monoisotopic (exact) mass is 291 g/mol. The summed E-state index contributed by atoms with van der Waals surface area (Å²) in [5.74, 6) is -0.313. The second-order valence-electron chi connectivity index (χ2n) is 2.61. The van der Waals surface area contributed by atoms with Crippen molar-refractivity contribution in [2.45, 2.75) is 0 Å². The van der Waals surface area contributed by atoms with Crippen LogP contribution in [0.15, 0.2) is 27.5 Å². The van der Waals surface area contributed by atoms with Gasteiger partial charge in [0.15, 0.2) is 3.92 Å². The average molecular weight is 293 g/mol. The van der Waals surface area contributed by atoms with Gasteiger partial charge in [-0.15, -0.1) is 11.3 Å². The number of benzene rings is 1. The van der Waals surface area contributed by atoms with Crippen LogP contribution in [0.5, 0.6) is 0 Å². The van der Waals surface area contributed by atoms with Gasteiger partial charge in [0, 0.05) is 16.0 Å². The summed E-state index contributed by atoms with van der Waals surface area (Å²) in [7, 11) is 0. The summed E-state index contributed by atoms with van der Waals surface area (Å²) in [6.45, 7) is 0. The van der Waals surface area contributed by atoms with Crippen LogP contribution in [0, 0.1) is 5.82 Å². The fourth-order valence-corrected chi connectivity index (χ4v) is 2.25. The molecule has 0 saturated heterocycles. The Labute approximate surface area is 97.7 Å². The molecule has 0 unspecified atom stereocenters. The first-order valence-electron chi connectivity index (χ1n) is 3.73. The molecule has 0 atom stereocenters. The Morgan fingerprint density at radius 3 is 2.86 bits per heavy atom. The fraction of sp³-hybridized carbons (Fsp3) is 0. The van der Waals surface area contributed by atoms with Crippen LogP contribution in [-0.2, 0) is 0 Å². The molecule has 1 nitrogen and oxygen atoms in total. The molecule has 72 valence electrons. The van der Waals surface area contributed by atoms with Crippen LogP contribution in [0.1, 0.15) is 0 Å². The van der Waals surface area contributed by atoms with Crippen LogP contribution in [0.2, 0.25) is 5.02 Å². The maximum absolute atomic E-state index is 13.4. The standard InChI is InChI=1S/C9H4BrClFNS/c10-9-13-8(4-14-9)6-3-5(11)1-2-7(6)12/h1-4H. The van der Waals surface area contributed by atoms with Gasteiger partial charge in [0.1, 0.15) is 5.82 Å². The zero-order chi connectivity index (χ0) is 10.1. The lowest BCUT2D eigenvalue weighted by atomic mass is 10.1. The summed E-state index contributed by atoms with van der Waals surface area (Å²) >= 11 is 10.4. The number of halogens is 3. The Kier molecular flexibility index (Phi) is 2.85. The molecular weight excluding hydrogens is 289 g/mol. The summed E-state index contributed by atoms with van der Waals surface area (Å²) in [5.41, 5.74) is 1.03. The molecule has 1 aromatic heterocycles. The van der Waals surface area contributed by atoms with Crippen molar-refractivity contribution in [2.24, 2.45) is 0 Å². The predicted octanol–water partition coefficient (Wildman–Crippen LogP) is 4.37. The first-order chi connectivity index (χ1) is 6.66. The molecule has 5 heteroatoms. The zero-order valence-electron chi connectivity index (χ0n) is 6.80. The third kappa shape index (κ3) is 1.97. The topological polar surface area (TPSA) is 12.9 Å². The van der Waals surface area contributed by atoms with Crippen molar-refractivity contribution in [3.8, 4) is 11.3 Å². The third-order valence-electron chi connectivity index (χ3n) is 1.68. The minimum Gasteiger partial charge on any atom is -0.229 e. The van der Waals surface area contributed by atoms with E-state index in [1.54, 1.807) is 11.4 Å². The van der Waals surface area contributed by atoms with E-state index >= 15 is 0 Å². The lowest BCUT2D eigenvalue weighted by Crippen LogP contribution is -1.83. The first-order valence-corrected chi connectivity index (χ1v) is 5.78. The van der Waals surface area contributed by atoms with E-state index in [9.17, 15) is 4.39 Å². The number of rotatable bonds is 1. The number of hydrogen-bond donors (Lipinski definition) is 0. The van der Waals surface area contributed by atoms with E-state index in [-0.39, 0.29) is 5.82 Å². The van der Waals surface area contributed by atoms with E-state index in [1.807, 2.05) is 0 Å². The van der Waals surface area contributed by atoms with E-state index < -0.39 is 0 Å². The second kappa shape index (κ2) is 3.96. The highest BCUT2D eigenvalue weighted by Crippen LogP contribution is 2.28. The molecule has 0 N–H and O–H groups in total. The molecule has 0 radical (unpaired) electrons. The molecule has 0 aliphatic rings. The van der Waals surface area contributed by atoms with Gasteiger partial charge < -0.3 is 0 Å². The minimum atomic E-state index is -0.313. The van der Waals surface area contributed by atoms with Crippen LogP contribution in [-0.4, -0.2) is 4.98 Å². The number of thiazole rings is 1. The van der Waals surface area contributed by atoms with E-state index in [0.717, 1.165) is 3.92 Å². The Morgan fingerprint density at radius 1 is 1.43 bits per heavy atom. The van der Waals surface area contributed by atoms with Gasteiger partial charge in [-0.2, -0.15) is 0 Å². The molecule has 0 spiro atoms. The summed E-state index contributed by atoms with van der Waals surface area (Å²) in [4.78, 5) is 4.12. The molecule has 0 amide bonds. The van der Waals surface area contributed by atoms with Crippen LogP contribution < -0.4 is 0 Å². The molecule has 1 aromatic carbocycles. The fourth-order valence-electron chi connectivity index (χ4n) is 1.07. The zero-order valence-corrected chi connectivity index (χ0v) is 9.96. The van der Waals surface area contributed by atoms with Gasteiger partial charge in [-0.3, -0.25) is 0 Å². The molecule has 0 saturated carbocycles. The van der Waals surface area contributed by atoms with Gasteiger partial charge in [0.25, 0.3) is 0 Å². The van der Waals surface area contributed by atoms with Crippen molar-refractivity contribution in [3.63, 3.8) is 0 Å². The molecular formula is C9H4BrClFNS. The lowest BCUT2D eigenvalue weighted by Gasteiger charge is -1.99. The Balaban J connectivity index is 2.55. The van der Waals surface area contributed by atoms with E-state index in [1.165, 1.54) is 23.5 Å². The second-order valence-corrected chi connectivity index (χ2v) is 5.18. The molecule has 2 aromatic rings. The summed E-state index contributed by atoms with van der Waals surface area (Å²) in [5, 5.41) is 2.28. The number of hydrogen-bond acceptors (Lipinski definition) is 2. The van der Waals surface area contributed by atoms with Crippen molar-refractivity contribution in [3.05, 3.63) is 38.3 Å². The van der Waals surface area contributed by atoms with Crippen molar-refractivity contribution in [2.75, 3.05) is 0 Å². The Hall–Kier alpha value is -0.450. The van der Waals surface area contributed by atoms with Crippen molar-refractivity contribution in [1.29, 1.82) is 0 Å². The Bertz CT molecular complexity index is 472. The van der Waals surface area contributed by atoms with Crippen LogP contribution in [0.3, 0.4) is 0 Å². The van der Waals surface area contributed by atoms with E-state index in [0.29, 0.717) is 16.3 Å². The maximum Gasteiger partial charge on any atom is 0.159 e. The molecule has 1 heterocycles. The van der Waals surface area contributed by atoms with Crippen LogP contribution >= 0.6 is 38.9 Å². The van der Waals surface area contributed by atoms with Gasteiger partial charge >= 0.3 is 0 Å². The largest absolute Gasteiger partial charge is 0.229 e. The van der Waals surface area contributed by atoms with Crippen molar-refractivity contribution >= 4 is 38.9 Å². The molecule has 2 rings (SSSR count). The highest BCUT2D eigenvalue weighted by Gasteiger charge is 2.08. The highest BCUT2D eigenvalue weighted by molar-refractivity contribution is 9.11. The first kappa shape index (κ1) is 10.1. The third-order valence-corrected chi connectivity index (χ3v) is 3.28. The SMILES string of the molecule is Fc1ccc(Cl)cc1-c1csc(Br)n1. The minimum absolute atomic E-state index is 0.313. The van der Waals surface area contributed by atoms with Gasteiger partial charge in [0.05, 0.1) is 5.69 Å². The van der Waals surface area contributed by atoms with Crippen LogP contribution in [0.4, 0.5) is 4.39 Å². The van der Waals surface area contributed by atoms with Gasteiger partial charge in [0.2, 0.25) is 0 Å². The average Bonchev–Trinajstić information content (AvgIpc) is 2.56. The summed E-state index contributed by atoms with van der Waals surface area (Å²) in [6, 6.07) is 4.42. The molecule has 0 aliphatic carbocycles.